The highest BCUT2D eigenvalue weighted by Gasteiger charge is 2.47. The molecule has 5 rings (SSSR count). The lowest BCUT2D eigenvalue weighted by molar-refractivity contribution is -0.129. The monoisotopic (exact) mass is 753 g/mol. The van der Waals surface area contributed by atoms with Crippen LogP contribution in [0.25, 0.3) is 0 Å². The third kappa shape index (κ3) is 8.63. The van der Waals surface area contributed by atoms with Crippen molar-refractivity contribution in [2.24, 2.45) is 11.8 Å². The molecule has 13 nitrogen and oxygen atoms in total. The molecule has 1 saturated heterocycles. The van der Waals surface area contributed by atoms with Crippen LogP contribution in [0, 0.1) is 11.8 Å². The largest absolute Gasteiger partial charge is 0.397 e. The highest BCUT2D eigenvalue weighted by molar-refractivity contribution is 7.89. The van der Waals surface area contributed by atoms with Crippen LogP contribution in [-0.4, -0.2) is 95.5 Å². The van der Waals surface area contributed by atoms with Gasteiger partial charge in [0.15, 0.2) is 0 Å². The highest BCUT2D eigenvalue weighted by atomic mass is 35.5. The number of fused-ring (bicyclic) bond motifs is 1. The van der Waals surface area contributed by atoms with E-state index in [0.29, 0.717) is 0 Å². The third-order valence-electron chi connectivity index (χ3n) is 9.20. The second-order valence-electron chi connectivity index (χ2n) is 14.5. The molecule has 3 aromatic carbocycles. The maximum atomic E-state index is 14.2. The lowest BCUT2D eigenvalue weighted by Gasteiger charge is -2.34. The number of carbonyl (C=O) groups is 3. The van der Waals surface area contributed by atoms with Crippen molar-refractivity contribution in [1.29, 1.82) is 0 Å². The Labute approximate surface area is 310 Å². The van der Waals surface area contributed by atoms with Gasteiger partial charge in [0.1, 0.15) is 18.2 Å². The number of sulfonamides is 1. The van der Waals surface area contributed by atoms with Crippen LogP contribution in [-0.2, 0) is 26.0 Å². The number of urea groups is 1. The second-order valence-corrected chi connectivity index (χ2v) is 16.8. The number of nitrogens with two attached hydrogens (primary N) is 1. The maximum absolute atomic E-state index is 14.2. The summed E-state index contributed by atoms with van der Waals surface area (Å²) < 4.78 is 29.0. The Morgan fingerprint density at radius 1 is 1.00 bits per heavy atom. The van der Waals surface area contributed by atoms with Crippen molar-refractivity contribution in [3.63, 3.8) is 0 Å². The van der Waals surface area contributed by atoms with E-state index < -0.39 is 57.6 Å². The number of imide groups is 1. The number of benzene rings is 3. The molecule has 0 bridgehead atoms. The van der Waals surface area contributed by atoms with Gasteiger partial charge in [0.05, 0.1) is 45.7 Å². The van der Waals surface area contributed by atoms with Crippen molar-refractivity contribution >= 4 is 56.5 Å². The molecule has 0 radical (unpaired) electrons. The predicted octanol–water partition coefficient (Wildman–Crippen LogP) is 4.20. The van der Waals surface area contributed by atoms with Gasteiger partial charge in [-0.1, -0.05) is 81.8 Å². The number of aliphatic hydroxyl groups excluding tert-OH is 1. The summed E-state index contributed by atoms with van der Waals surface area (Å²) in [6, 6.07) is 18.2. The summed E-state index contributed by atoms with van der Waals surface area (Å²) in [6.45, 7) is 8.57. The molecule has 0 spiro atoms. The average Bonchev–Trinajstić information content (AvgIpc) is 3.55. The number of amides is 4. The van der Waals surface area contributed by atoms with Crippen LogP contribution in [0.1, 0.15) is 40.2 Å². The van der Waals surface area contributed by atoms with E-state index in [1.165, 1.54) is 27.4 Å². The third-order valence-corrected chi connectivity index (χ3v) is 11.4. The van der Waals surface area contributed by atoms with Gasteiger partial charge >= 0.3 is 6.03 Å². The molecule has 0 aliphatic carbocycles. The Morgan fingerprint density at radius 2 is 1.62 bits per heavy atom. The second kappa shape index (κ2) is 15.7. The fourth-order valence-electron chi connectivity index (χ4n) is 6.72. The van der Waals surface area contributed by atoms with E-state index in [1.807, 2.05) is 75.4 Å². The fourth-order valence-corrected chi connectivity index (χ4v) is 8.50. The van der Waals surface area contributed by atoms with Gasteiger partial charge in [0.2, 0.25) is 21.8 Å². The van der Waals surface area contributed by atoms with Gasteiger partial charge in [0, 0.05) is 13.1 Å². The fraction of sp³-hybridized carbons (Fsp3) is 0.432. The molecule has 2 aliphatic rings. The zero-order valence-electron chi connectivity index (χ0n) is 30.0. The van der Waals surface area contributed by atoms with Crippen molar-refractivity contribution < 1.29 is 27.9 Å². The number of nitrogens with zero attached hydrogens (tertiary/aromatic N) is 3. The van der Waals surface area contributed by atoms with Crippen LogP contribution in [0.5, 0.6) is 0 Å². The molecule has 0 aromatic heterocycles. The molecule has 3 atom stereocenters. The van der Waals surface area contributed by atoms with Crippen LogP contribution >= 0.6 is 11.6 Å². The molecule has 2 aliphatic heterocycles. The molecule has 6 N–H and O–H groups in total. The van der Waals surface area contributed by atoms with E-state index in [9.17, 15) is 27.9 Å². The topological polar surface area (TPSA) is 177 Å². The zero-order chi connectivity index (χ0) is 38.0. The number of aliphatic hydroxyl groups is 1. The first-order valence-electron chi connectivity index (χ1n) is 17.3. The zero-order valence-corrected chi connectivity index (χ0v) is 31.6. The number of hydrogen-bond donors (Lipinski definition) is 5. The summed E-state index contributed by atoms with van der Waals surface area (Å²) in [7, 11) is -4.14. The van der Waals surface area contributed by atoms with E-state index in [0.717, 1.165) is 21.8 Å². The van der Waals surface area contributed by atoms with Crippen molar-refractivity contribution in [2.75, 3.05) is 42.5 Å². The quantitative estimate of drug-likeness (QED) is 0.112. The van der Waals surface area contributed by atoms with Crippen molar-refractivity contribution in [3.8, 4) is 0 Å². The van der Waals surface area contributed by atoms with Crippen molar-refractivity contribution in [1.82, 2.24) is 19.4 Å². The Bertz CT molecular complexity index is 1870. The highest BCUT2D eigenvalue weighted by Crippen LogP contribution is 2.35. The van der Waals surface area contributed by atoms with E-state index in [4.69, 9.17) is 17.3 Å². The maximum Gasteiger partial charge on any atom is 0.328 e. The lowest BCUT2D eigenvalue weighted by Crippen LogP contribution is -2.58. The molecule has 0 saturated carbocycles. The van der Waals surface area contributed by atoms with Gasteiger partial charge in [-0.15, -0.1) is 0 Å². The standard InChI is InChI=1S/C37H48ClN7O6S/c1-23(2)19-43(52(50,51)26-15-16-27(38)28(39)18-26)20-32(46)31(17-25-11-7-6-8-12-25)40-35(48)34(24(3)4)44-21-33(47)45(36(44)49)22-37(5)41-29-13-9-10-14-30(29)42-37/h6-16,18,23-24,31-32,34,41-42,46H,17,19-22,39H2,1-5H3,(H,40,48)/t31-,32-,34-/m0/s1. The van der Waals surface area contributed by atoms with Gasteiger partial charge < -0.3 is 31.7 Å². The van der Waals surface area contributed by atoms with Gasteiger partial charge in [-0.25, -0.2) is 13.2 Å². The smallest absolute Gasteiger partial charge is 0.328 e. The molecule has 2 heterocycles. The number of halogens is 1. The Balaban J connectivity index is 1.37. The predicted molar refractivity (Wildman–Crippen MR) is 202 cm³/mol. The van der Waals surface area contributed by atoms with Gasteiger partial charge in [-0.2, -0.15) is 4.31 Å². The van der Waals surface area contributed by atoms with Crippen molar-refractivity contribution in [2.45, 2.75) is 69.8 Å². The summed E-state index contributed by atoms with van der Waals surface area (Å²) in [5.41, 5.74) is 7.70. The first-order chi connectivity index (χ1) is 24.5. The summed E-state index contributed by atoms with van der Waals surface area (Å²) in [6.07, 6.45) is -1.21. The number of anilines is 3. The van der Waals surface area contributed by atoms with Crippen LogP contribution in [0.2, 0.25) is 5.02 Å². The minimum absolute atomic E-state index is 0.0110. The number of para-hydroxylation sites is 2. The summed E-state index contributed by atoms with van der Waals surface area (Å²) in [4.78, 5) is 43.8. The number of hydrogen-bond acceptors (Lipinski definition) is 9. The Hall–Kier alpha value is -4.37. The first kappa shape index (κ1) is 38.9. The van der Waals surface area contributed by atoms with Crippen molar-refractivity contribution in [3.05, 3.63) is 83.4 Å². The van der Waals surface area contributed by atoms with Crippen LogP contribution < -0.4 is 21.7 Å². The van der Waals surface area contributed by atoms with E-state index in [-0.39, 0.29) is 54.1 Å². The number of carbonyl (C=O) groups excluding carboxylic acids is 3. The van der Waals surface area contributed by atoms with Crippen LogP contribution in [0.15, 0.2) is 77.7 Å². The lowest BCUT2D eigenvalue weighted by atomic mass is 9.97. The Kier molecular flexibility index (Phi) is 11.7. The minimum Gasteiger partial charge on any atom is -0.397 e. The van der Waals surface area contributed by atoms with E-state index >= 15 is 0 Å². The summed E-state index contributed by atoms with van der Waals surface area (Å²) in [5, 5.41) is 21.6. The number of nitrogens with one attached hydrogen (secondary N) is 3. The summed E-state index contributed by atoms with van der Waals surface area (Å²) in [5.74, 6) is -1.53. The molecule has 52 heavy (non-hydrogen) atoms. The normalized spacial score (nSPS) is 17.3. The van der Waals surface area contributed by atoms with Gasteiger partial charge in [0.25, 0.3) is 0 Å². The SMILES string of the molecule is CC(C)CN(C[C@H](O)[C@H](Cc1ccccc1)NC(=O)[C@H](C(C)C)N1CC(=O)N(CC2(C)Nc3ccccc3N2)C1=O)S(=O)(=O)c1ccc(Cl)c(N)c1. The molecule has 3 aromatic rings. The van der Waals surface area contributed by atoms with E-state index in [1.54, 1.807) is 13.8 Å². The van der Waals surface area contributed by atoms with Crippen LogP contribution in [0.3, 0.4) is 0 Å². The van der Waals surface area contributed by atoms with Crippen LogP contribution in [0.4, 0.5) is 21.9 Å². The molecule has 15 heteroatoms. The molecular weight excluding hydrogens is 706 g/mol. The summed E-state index contributed by atoms with van der Waals surface area (Å²) >= 11 is 6.06. The molecule has 4 amide bonds. The molecule has 0 unspecified atom stereocenters. The van der Waals surface area contributed by atoms with Gasteiger partial charge in [-0.05, 0) is 61.1 Å². The molecular formula is C37H48ClN7O6S. The van der Waals surface area contributed by atoms with E-state index in [2.05, 4.69) is 16.0 Å². The average molecular weight is 754 g/mol. The molecule has 1 fully saturated rings. The minimum atomic E-state index is -4.14. The Morgan fingerprint density at radius 3 is 2.19 bits per heavy atom. The van der Waals surface area contributed by atoms with Gasteiger partial charge in [-0.3, -0.25) is 14.5 Å². The first-order valence-corrected chi connectivity index (χ1v) is 19.1. The number of nitrogen functional groups attached to an aromatic ring is 1. The molecule has 280 valence electrons. The number of rotatable bonds is 15.